The van der Waals surface area contributed by atoms with Gasteiger partial charge >= 0.3 is 0 Å². The second-order valence-electron chi connectivity index (χ2n) is 9.20. The molecule has 0 radical (unpaired) electrons. The third kappa shape index (κ3) is 2.54. The van der Waals surface area contributed by atoms with Gasteiger partial charge in [0, 0.05) is 17.3 Å². The topological polar surface area (TPSA) is 20.3 Å². The molecule has 0 saturated carbocycles. The Balaban J connectivity index is 1.63. The standard InChI is InChI=1S/C29H26NOP/c1-29-19-18-22-11-8-9-15-26(22)27(29)28(23-12-4-3-5-13-23)30(2)32(29,31)25-17-16-21-10-6-7-14-24(21)20-25/h3-20,27-28H,1-2H3/t27-,28-,29+,32?/m0/s1. The van der Waals surface area contributed by atoms with Crippen LogP contribution in [0.3, 0.4) is 0 Å². The molecule has 1 aliphatic heterocycles. The van der Waals surface area contributed by atoms with E-state index >= 15 is 4.57 Å². The van der Waals surface area contributed by atoms with E-state index in [4.69, 9.17) is 0 Å². The molecule has 0 aromatic heterocycles. The van der Waals surface area contributed by atoms with Crippen LogP contribution in [0.1, 0.15) is 35.6 Å². The number of fused-ring (bicyclic) bond motifs is 4. The Morgan fingerprint density at radius 2 is 1.50 bits per heavy atom. The predicted octanol–water partition coefficient (Wildman–Crippen LogP) is 7.00. The van der Waals surface area contributed by atoms with Crippen LogP contribution in [0.5, 0.6) is 0 Å². The summed E-state index contributed by atoms with van der Waals surface area (Å²) in [6, 6.07) is 33.9. The van der Waals surface area contributed by atoms with Crippen molar-refractivity contribution in [1.29, 1.82) is 0 Å². The molecule has 0 amide bonds. The molecule has 158 valence electrons. The lowest BCUT2D eigenvalue weighted by Gasteiger charge is -2.38. The maximum Gasteiger partial charge on any atom is 0.188 e. The quantitative estimate of drug-likeness (QED) is 0.316. The third-order valence-corrected chi connectivity index (χ3v) is 11.4. The number of nitrogens with zero attached hydrogens (tertiary/aromatic N) is 1. The molecule has 2 nitrogen and oxygen atoms in total. The molecule has 6 rings (SSSR count). The van der Waals surface area contributed by atoms with Gasteiger partial charge in [0.1, 0.15) is 0 Å². The summed E-state index contributed by atoms with van der Waals surface area (Å²) in [5, 5.41) is 2.75. The van der Waals surface area contributed by atoms with Gasteiger partial charge in [0.05, 0.1) is 5.16 Å². The first-order valence-corrected chi connectivity index (χ1v) is 12.9. The van der Waals surface area contributed by atoms with Crippen LogP contribution in [0, 0.1) is 0 Å². The van der Waals surface area contributed by atoms with E-state index in [0.29, 0.717) is 0 Å². The van der Waals surface area contributed by atoms with Gasteiger partial charge in [-0.05, 0) is 53.6 Å². The molecular weight excluding hydrogens is 409 g/mol. The second-order valence-corrected chi connectivity index (χ2v) is 12.5. The minimum Gasteiger partial charge on any atom is -0.300 e. The first-order chi connectivity index (χ1) is 15.5. The zero-order valence-corrected chi connectivity index (χ0v) is 19.2. The molecule has 0 bridgehead atoms. The largest absolute Gasteiger partial charge is 0.300 e. The lowest BCUT2D eigenvalue weighted by atomic mass is 9.73. The maximum atomic E-state index is 15.3. The van der Waals surface area contributed by atoms with E-state index in [1.165, 1.54) is 22.1 Å². The molecule has 32 heavy (non-hydrogen) atoms. The molecule has 4 atom stereocenters. The molecule has 1 saturated heterocycles. The van der Waals surface area contributed by atoms with Crippen LogP contribution in [-0.4, -0.2) is 16.9 Å². The van der Waals surface area contributed by atoms with Gasteiger partial charge in [0.15, 0.2) is 7.29 Å². The Labute approximate surface area is 189 Å². The van der Waals surface area contributed by atoms with E-state index in [9.17, 15) is 0 Å². The van der Waals surface area contributed by atoms with Gasteiger partial charge in [0.2, 0.25) is 0 Å². The van der Waals surface area contributed by atoms with E-state index in [0.717, 1.165) is 10.7 Å². The predicted molar refractivity (Wildman–Crippen MR) is 135 cm³/mol. The molecule has 3 heteroatoms. The third-order valence-electron chi connectivity index (χ3n) is 7.60. The smallest absolute Gasteiger partial charge is 0.188 e. The van der Waals surface area contributed by atoms with E-state index < -0.39 is 12.4 Å². The van der Waals surface area contributed by atoms with Crippen molar-refractivity contribution in [3.05, 3.63) is 120 Å². The summed E-state index contributed by atoms with van der Waals surface area (Å²) in [5.74, 6) is 0.105. The first-order valence-electron chi connectivity index (χ1n) is 11.2. The van der Waals surface area contributed by atoms with Gasteiger partial charge < -0.3 is 4.57 Å². The second kappa shape index (κ2) is 7.04. The van der Waals surface area contributed by atoms with Crippen LogP contribution < -0.4 is 5.30 Å². The van der Waals surface area contributed by atoms with Crippen molar-refractivity contribution in [2.75, 3.05) is 7.05 Å². The molecule has 1 fully saturated rings. The highest BCUT2D eigenvalue weighted by molar-refractivity contribution is 7.71. The fourth-order valence-electron chi connectivity index (χ4n) is 6.02. The molecule has 4 aromatic rings. The van der Waals surface area contributed by atoms with Crippen LogP contribution in [0.25, 0.3) is 16.8 Å². The SMILES string of the molecule is CN1[C@@H](c2ccccc2)[C@@H]2c3ccccc3C=C[C@@]2(C)P1(=O)c1ccc2ccccc2c1. The Morgan fingerprint density at radius 3 is 2.31 bits per heavy atom. The van der Waals surface area contributed by atoms with Crippen molar-refractivity contribution >= 4 is 29.4 Å². The summed E-state index contributed by atoms with van der Waals surface area (Å²) in [4.78, 5) is 0. The minimum absolute atomic E-state index is 0.0320. The average molecular weight is 436 g/mol. The zero-order chi connectivity index (χ0) is 21.9. The fourth-order valence-corrected chi connectivity index (χ4v) is 9.76. The van der Waals surface area contributed by atoms with Crippen molar-refractivity contribution in [3.8, 4) is 0 Å². The van der Waals surface area contributed by atoms with Crippen LogP contribution in [0.15, 0.2) is 103 Å². The Bertz CT molecular complexity index is 1410. The highest BCUT2D eigenvalue weighted by Gasteiger charge is 2.63. The summed E-state index contributed by atoms with van der Waals surface area (Å²) >= 11 is 0. The molecule has 4 aromatic carbocycles. The minimum atomic E-state index is -2.99. The van der Waals surface area contributed by atoms with Crippen molar-refractivity contribution in [1.82, 2.24) is 4.67 Å². The summed E-state index contributed by atoms with van der Waals surface area (Å²) in [6.07, 6.45) is 4.41. The number of allylic oxidation sites excluding steroid dienone is 1. The summed E-state index contributed by atoms with van der Waals surface area (Å²) in [5.41, 5.74) is 3.74. The summed E-state index contributed by atoms with van der Waals surface area (Å²) < 4.78 is 17.5. The maximum absolute atomic E-state index is 15.3. The average Bonchev–Trinajstić information content (AvgIpc) is 3.03. The van der Waals surface area contributed by atoms with Crippen molar-refractivity contribution < 1.29 is 4.57 Å². The molecule has 1 unspecified atom stereocenters. The van der Waals surface area contributed by atoms with E-state index in [1.54, 1.807) is 0 Å². The van der Waals surface area contributed by atoms with Crippen LogP contribution in [0.2, 0.25) is 0 Å². The van der Waals surface area contributed by atoms with E-state index in [-0.39, 0.29) is 12.0 Å². The summed E-state index contributed by atoms with van der Waals surface area (Å²) in [7, 11) is -0.929. The Kier molecular flexibility index (Phi) is 4.34. The monoisotopic (exact) mass is 435 g/mol. The van der Waals surface area contributed by atoms with Crippen LogP contribution >= 0.6 is 7.29 Å². The highest BCUT2D eigenvalue weighted by atomic mass is 31.2. The first kappa shape index (κ1) is 19.7. The number of likely N-dealkylation sites (N-methyl/N-ethyl adjacent to an activating group) is 1. The number of rotatable bonds is 2. The van der Waals surface area contributed by atoms with Crippen molar-refractivity contribution in [3.63, 3.8) is 0 Å². The van der Waals surface area contributed by atoms with Crippen LogP contribution in [-0.2, 0) is 4.57 Å². The molecular formula is C29H26NOP. The van der Waals surface area contributed by atoms with Crippen LogP contribution in [0.4, 0.5) is 0 Å². The van der Waals surface area contributed by atoms with E-state index in [1.807, 2.05) is 0 Å². The normalized spacial score (nSPS) is 29.1. The van der Waals surface area contributed by atoms with Crippen molar-refractivity contribution in [2.24, 2.45) is 0 Å². The van der Waals surface area contributed by atoms with Gasteiger partial charge in [-0.1, -0.05) is 97.1 Å². The van der Waals surface area contributed by atoms with Gasteiger partial charge in [-0.3, -0.25) is 0 Å². The number of hydrogen-bond donors (Lipinski definition) is 0. The molecule has 1 aliphatic carbocycles. The highest BCUT2D eigenvalue weighted by Crippen LogP contribution is 2.76. The number of benzene rings is 4. The summed E-state index contributed by atoms with van der Waals surface area (Å²) in [6.45, 7) is 2.21. The van der Waals surface area contributed by atoms with Gasteiger partial charge in [-0.2, -0.15) is 0 Å². The fraction of sp³-hybridized carbons (Fsp3) is 0.172. The van der Waals surface area contributed by atoms with Gasteiger partial charge in [-0.25, -0.2) is 4.67 Å². The van der Waals surface area contributed by atoms with Crippen molar-refractivity contribution in [2.45, 2.75) is 24.0 Å². The van der Waals surface area contributed by atoms with Gasteiger partial charge in [-0.15, -0.1) is 0 Å². The lowest BCUT2D eigenvalue weighted by molar-refractivity contribution is 0.364. The molecule has 1 heterocycles. The van der Waals surface area contributed by atoms with Gasteiger partial charge in [0.25, 0.3) is 0 Å². The van der Waals surface area contributed by atoms with E-state index in [2.05, 4.69) is 128 Å². The Morgan fingerprint density at radius 1 is 0.812 bits per heavy atom. The molecule has 2 aliphatic rings. The molecule has 0 spiro atoms. The lowest BCUT2D eigenvalue weighted by Crippen LogP contribution is -2.33. The Hall–Kier alpha value is -2.93. The zero-order valence-electron chi connectivity index (χ0n) is 18.3. The number of hydrogen-bond acceptors (Lipinski definition) is 1. The molecule has 0 N–H and O–H groups in total.